The Kier molecular flexibility index (Phi) is 5.51. The maximum Gasteiger partial charge on any atom is 0.371 e. The third-order valence-electron chi connectivity index (χ3n) is 2.64. The first-order valence-corrected chi connectivity index (χ1v) is 6.21. The highest BCUT2D eigenvalue weighted by Gasteiger charge is 2.21. The van der Waals surface area contributed by atoms with Crippen LogP contribution in [0.2, 0.25) is 0 Å². The summed E-state index contributed by atoms with van der Waals surface area (Å²) < 4.78 is 5.88. The Morgan fingerprint density at radius 2 is 1.88 bits per heavy atom. The smallest absolute Gasteiger partial charge is 0.371 e. The molecule has 0 heterocycles. The minimum atomic E-state index is -0.103. The van der Waals surface area contributed by atoms with Gasteiger partial charge in [0.1, 0.15) is 5.75 Å². The summed E-state index contributed by atoms with van der Waals surface area (Å²) in [5.74, 6) is 0.895. The second-order valence-corrected chi connectivity index (χ2v) is 4.94. The number of unbranched alkanes of at least 4 members (excludes halogenated alkanes) is 1. The molecule has 1 rings (SSSR count). The van der Waals surface area contributed by atoms with E-state index in [1.807, 2.05) is 44.4 Å². The van der Waals surface area contributed by atoms with Gasteiger partial charge in [0.05, 0.1) is 27.2 Å². The van der Waals surface area contributed by atoms with E-state index in [1.54, 1.807) is 0 Å². The van der Waals surface area contributed by atoms with Crippen molar-refractivity contribution in [2.45, 2.75) is 12.8 Å². The van der Waals surface area contributed by atoms with Crippen LogP contribution in [0.4, 0.5) is 4.79 Å². The first-order valence-electron chi connectivity index (χ1n) is 5.77. The fourth-order valence-electron chi connectivity index (χ4n) is 1.41. The fraction of sp³-hybridized carbons (Fsp3) is 0.462. The van der Waals surface area contributed by atoms with Gasteiger partial charge in [0.2, 0.25) is 0 Å². The molecule has 94 valence electrons. The molecule has 0 aliphatic carbocycles. The zero-order valence-corrected chi connectivity index (χ0v) is 11.3. The van der Waals surface area contributed by atoms with Gasteiger partial charge in [-0.1, -0.05) is 18.2 Å². The van der Waals surface area contributed by atoms with Crippen LogP contribution >= 0.6 is 12.6 Å². The zero-order chi connectivity index (χ0) is 12.7. The number of carbonyl (C=O) groups excluding carboxylic acids is 1. The molecule has 0 saturated carbocycles. The normalized spacial score (nSPS) is 11.2. The van der Waals surface area contributed by atoms with Gasteiger partial charge in [0, 0.05) is 6.42 Å². The first kappa shape index (κ1) is 14.1. The molecule has 0 bridgehead atoms. The van der Waals surface area contributed by atoms with Crippen molar-refractivity contribution in [2.75, 3.05) is 27.2 Å². The van der Waals surface area contributed by atoms with Crippen LogP contribution in [-0.2, 0) is 0 Å². The van der Waals surface area contributed by atoms with Crippen molar-refractivity contribution >= 4 is 17.9 Å². The predicted octanol–water partition coefficient (Wildman–Crippen LogP) is 2.97. The summed E-state index contributed by atoms with van der Waals surface area (Å²) in [6, 6.07) is 9.75. The van der Waals surface area contributed by atoms with Crippen molar-refractivity contribution < 1.29 is 14.0 Å². The molecule has 1 aromatic carbocycles. The van der Waals surface area contributed by atoms with Crippen LogP contribution in [0.3, 0.4) is 0 Å². The lowest BCUT2D eigenvalue weighted by atomic mass is 10.3. The summed E-state index contributed by atoms with van der Waals surface area (Å²) >= 11 is 3.86. The molecule has 0 aromatic heterocycles. The van der Waals surface area contributed by atoms with Crippen LogP contribution in [0.25, 0.3) is 0 Å². The molecule has 1 amide bonds. The predicted molar refractivity (Wildman–Crippen MR) is 72.5 cm³/mol. The lowest BCUT2D eigenvalue weighted by Crippen LogP contribution is -2.42. The Hall–Kier alpha value is -1.000. The summed E-state index contributed by atoms with van der Waals surface area (Å²) in [5.41, 5.74) is 0. The molecule has 0 aliphatic rings. The minimum Gasteiger partial charge on any atom is -0.494 e. The highest BCUT2D eigenvalue weighted by Crippen LogP contribution is 2.10. The van der Waals surface area contributed by atoms with Crippen LogP contribution in [-0.4, -0.2) is 37.0 Å². The van der Waals surface area contributed by atoms with Crippen molar-refractivity contribution in [1.29, 1.82) is 0 Å². The van der Waals surface area contributed by atoms with Gasteiger partial charge < -0.3 is 4.74 Å². The first-order chi connectivity index (χ1) is 8.02. The van der Waals surface area contributed by atoms with E-state index in [9.17, 15) is 4.79 Å². The van der Waals surface area contributed by atoms with E-state index < -0.39 is 0 Å². The topological polar surface area (TPSA) is 26.3 Å². The number of quaternary nitrogens is 1. The molecule has 0 radical (unpaired) electrons. The highest BCUT2D eigenvalue weighted by atomic mass is 32.1. The molecule has 4 heteroatoms. The van der Waals surface area contributed by atoms with Gasteiger partial charge in [-0.3, -0.25) is 4.48 Å². The molecule has 0 fully saturated rings. The minimum absolute atomic E-state index is 0.103. The molecule has 17 heavy (non-hydrogen) atoms. The molecule has 0 unspecified atom stereocenters. The number of para-hydroxylation sites is 1. The van der Waals surface area contributed by atoms with Crippen LogP contribution in [0, 0.1) is 0 Å². The van der Waals surface area contributed by atoms with E-state index in [-0.39, 0.29) is 5.24 Å². The number of benzene rings is 1. The Morgan fingerprint density at radius 3 is 2.47 bits per heavy atom. The van der Waals surface area contributed by atoms with E-state index in [0.29, 0.717) is 11.1 Å². The average Bonchev–Trinajstić information content (AvgIpc) is 2.29. The van der Waals surface area contributed by atoms with Crippen LogP contribution in [0.1, 0.15) is 12.8 Å². The summed E-state index contributed by atoms with van der Waals surface area (Å²) in [7, 11) is 3.74. The quantitative estimate of drug-likeness (QED) is 0.480. The SMILES string of the molecule is C[N+](C)(CCCCOc1ccccc1)C(=O)S. The van der Waals surface area contributed by atoms with E-state index in [0.717, 1.165) is 25.1 Å². The average molecular weight is 254 g/mol. The Bertz CT molecular complexity index is 352. The number of thiol groups is 1. The van der Waals surface area contributed by atoms with Gasteiger partial charge in [-0.2, -0.15) is 0 Å². The van der Waals surface area contributed by atoms with E-state index >= 15 is 0 Å². The van der Waals surface area contributed by atoms with Crippen molar-refractivity contribution in [1.82, 2.24) is 0 Å². The lowest BCUT2D eigenvalue weighted by Gasteiger charge is -2.24. The van der Waals surface area contributed by atoms with Gasteiger partial charge >= 0.3 is 5.24 Å². The standard InChI is InChI=1S/C13H19NO2S/c1-14(2,13(15)17)10-6-7-11-16-12-8-4-3-5-9-12/h3-5,8-9H,6-7,10-11H2,1-2H3/p+1. The van der Waals surface area contributed by atoms with Gasteiger partial charge in [0.15, 0.2) is 0 Å². The number of carbonyl (C=O) groups is 1. The molecular formula is C13H20NO2S+. The Morgan fingerprint density at radius 1 is 1.24 bits per heavy atom. The second-order valence-electron chi connectivity index (χ2n) is 4.56. The third kappa shape index (κ3) is 5.24. The number of ether oxygens (including phenoxy) is 1. The van der Waals surface area contributed by atoms with Gasteiger partial charge in [0.25, 0.3) is 0 Å². The van der Waals surface area contributed by atoms with E-state index in [2.05, 4.69) is 12.6 Å². The summed E-state index contributed by atoms with van der Waals surface area (Å²) in [4.78, 5) is 11.2. The molecule has 1 aromatic rings. The molecule has 0 spiro atoms. The van der Waals surface area contributed by atoms with Crippen LogP contribution in [0.5, 0.6) is 5.75 Å². The van der Waals surface area contributed by atoms with Gasteiger partial charge in [-0.05, 0) is 31.2 Å². The number of rotatable bonds is 6. The third-order valence-corrected chi connectivity index (χ3v) is 3.18. The maximum atomic E-state index is 11.2. The van der Waals surface area contributed by atoms with E-state index in [4.69, 9.17) is 4.74 Å². The lowest BCUT2D eigenvalue weighted by molar-refractivity contribution is -0.802. The number of hydrogen-bond acceptors (Lipinski definition) is 2. The van der Waals surface area contributed by atoms with Crippen LogP contribution < -0.4 is 4.74 Å². The summed E-state index contributed by atoms with van der Waals surface area (Å²) in [5, 5.41) is -0.103. The monoisotopic (exact) mass is 254 g/mol. The molecule has 3 nitrogen and oxygen atoms in total. The molecular weight excluding hydrogens is 234 g/mol. The summed E-state index contributed by atoms with van der Waals surface area (Å²) in [6.45, 7) is 1.48. The summed E-state index contributed by atoms with van der Waals surface area (Å²) in [6.07, 6.45) is 1.89. The Labute approximate surface area is 108 Å². The number of nitrogens with zero attached hydrogens (tertiary/aromatic N) is 1. The van der Waals surface area contributed by atoms with Crippen molar-refractivity contribution in [3.63, 3.8) is 0 Å². The van der Waals surface area contributed by atoms with Gasteiger partial charge in [-0.15, -0.1) is 0 Å². The zero-order valence-electron chi connectivity index (χ0n) is 10.4. The van der Waals surface area contributed by atoms with Crippen molar-refractivity contribution in [3.05, 3.63) is 30.3 Å². The second kappa shape index (κ2) is 6.67. The largest absolute Gasteiger partial charge is 0.494 e. The van der Waals surface area contributed by atoms with Gasteiger partial charge in [-0.25, -0.2) is 4.79 Å². The molecule has 0 atom stereocenters. The number of hydrogen-bond donors (Lipinski definition) is 1. The maximum absolute atomic E-state index is 11.2. The molecule has 0 aliphatic heterocycles. The van der Waals surface area contributed by atoms with Crippen molar-refractivity contribution in [3.8, 4) is 5.75 Å². The molecule has 0 saturated heterocycles. The molecule has 0 N–H and O–H groups in total. The fourth-order valence-corrected chi connectivity index (χ4v) is 1.51. The van der Waals surface area contributed by atoms with Crippen LogP contribution in [0.15, 0.2) is 30.3 Å². The Balaban J connectivity index is 2.15. The van der Waals surface area contributed by atoms with Crippen molar-refractivity contribution in [2.24, 2.45) is 0 Å². The highest BCUT2D eigenvalue weighted by molar-refractivity contribution is 7.96. The van der Waals surface area contributed by atoms with E-state index in [1.165, 1.54) is 0 Å². The number of amides is 1.